The maximum absolute atomic E-state index is 13.1. The average Bonchev–Trinajstić information content (AvgIpc) is 2.09. The molecule has 13 heavy (non-hydrogen) atoms. The molecule has 0 bridgehead atoms. The molecule has 1 heterocycles. The van der Waals surface area contributed by atoms with Crippen LogP contribution in [0, 0.1) is 12.7 Å². The largest absolute Gasteiger partial charge is 0.256 e. The third kappa shape index (κ3) is 1.38. The molecule has 0 aliphatic heterocycles. The van der Waals surface area contributed by atoms with E-state index >= 15 is 0 Å². The lowest BCUT2D eigenvalue weighted by Gasteiger charge is -2.01. The van der Waals surface area contributed by atoms with Crippen LogP contribution in [0.15, 0.2) is 24.4 Å². The van der Waals surface area contributed by atoms with Crippen molar-refractivity contribution in [3.8, 4) is 0 Å². The van der Waals surface area contributed by atoms with E-state index in [-0.39, 0.29) is 5.82 Å². The maximum Gasteiger partial charge on any atom is 0.128 e. The molecule has 0 saturated carbocycles. The Labute approximate surface area is 80.2 Å². The summed E-state index contributed by atoms with van der Waals surface area (Å²) >= 11 is 5.92. The zero-order valence-corrected chi connectivity index (χ0v) is 7.77. The van der Waals surface area contributed by atoms with Crippen molar-refractivity contribution in [3.63, 3.8) is 0 Å². The summed E-state index contributed by atoms with van der Waals surface area (Å²) in [6, 6.07) is 4.80. The fourth-order valence-electron chi connectivity index (χ4n) is 1.24. The quantitative estimate of drug-likeness (QED) is 0.628. The molecule has 66 valence electrons. The standard InChI is InChI=1S/C10H7ClFN/c1-6-4-7-8(11)2-3-13-10(7)5-9(6)12/h2-5H,1H3. The van der Waals surface area contributed by atoms with E-state index in [1.165, 1.54) is 6.07 Å². The molecule has 0 spiro atoms. The van der Waals surface area contributed by atoms with Gasteiger partial charge in [-0.25, -0.2) is 4.39 Å². The predicted octanol–water partition coefficient (Wildman–Crippen LogP) is 3.34. The third-order valence-corrected chi connectivity index (χ3v) is 2.30. The van der Waals surface area contributed by atoms with Gasteiger partial charge in [0.05, 0.1) is 10.5 Å². The lowest BCUT2D eigenvalue weighted by molar-refractivity contribution is 0.620. The van der Waals surface area contributed by atoms with Gasteiger partial charge in [0.2, 0.25) is 0 Å². The number of nitrogens with zero attached hydrogens (tertiary/aromatic N) is 1. The monoisotopic (exact) mass is 195 g/mol. The van der Waals surface area contributed by atoms with E-state index in [1.807, 2.05) is 0 Å². The molecule has 2 rings (SSSR count). The first-order valence-electron chi connectivity index (χ1n) is 3.89. The first-order chi connectivity index (χ1) is 6.18. The Morgan fingerprint density at radius 3 is 2.92 bits per heavy atom. The smallest absolute Gasteiger partial charge is 0.128 e. The van der Waals surface area contributed by atoms with Gasteiger partial charge in [-0.05, 0) is 24.6 Å². The lowest BCUT2D eigenvalue weighted by Crippen LogP contribution is -1.85. The van der Waals surface area contributed by atoms with Crippen molar-refractivity contribution < 1.29 is 4.39 Å². The molecule has 0 N–H and O–H groups in total. The van der Waals surface area contributed by atoms with Crippen LogP contribution < -0.4 is 0 Å². The Morgan fingerprint density at radius 2 is 2.15 bits per heavy atom. The van der Waals surface area contributed by atoms with E-state index < -0.39 is 0 Å². The molecule has 1 aromatic heterocycles. The number of fused-ring (bicyclic) bond motifs is 1. The summed E-state index contributed by atoms with van der Waals surface area (Å²) in [5.41, 5.74) is 1.18. The summed E-state index contributed by atoms with van der Waals surface area (Å²) in [5, 5.41) is 1.40. The van der Waals surface area contributed by atoms with Crippen molar-refractivity contribution >= 4 is 22.5 Å². The van der Waals surface area contributed by atoms with Gasteiger partial charge in [-0.2, -0.15) is 0 Å². The molecule has 0 atom stereocenters. The molecule has 0 unspecified atom stereocenters. The zero-order chi connectivity index (χ0) is 9.42. The Balaban J connectivity index is 2.89. The first-order valence-corrected chi connectivity index (χ1v) is 4.26. The van der Waals surface area contributed by atoms with Crippen molar-refractivity contribution in [3.05, 3.63) is 40.8 Å². The number of aromatic nitrogens is 1. The molecule has 0 amide bonds. The molecule has 0 aliphatic rings. The highest BCUT2D eigenvalue weighted by Crippen LogP contribution is 2.23. The van der Waals surface area contributed by atoms with Crippen LogP contribution in [-0.4, -0.2) is 4.98 Å². The normalized spacial score (nSPS) is 10.7. The van der Waals surface area contributed by atoms with Crippen LogP contribution >= 0.6 is 11.6 Å². The number of pyridine rings is 1. The number of hydrogen-bond donors (Lipinski definition) is 0. The number of aryl methyl sites for hydroxylation is 1. The van der Waals surface area contributed by atoms with Crippen molar-refractivity contribution in [2.45, 2.75) is 6.92 Å². The Kier molecular flexibility index (Phi) is 1.93. The topological polar surface area (TPSA) is 12.9 Å². The minimum Gasteiger partial charge on any atom is -0.256 e. The average molecular weight is 196 g/mol. The molecule has 1 nitrogen and oxygen atoms in total. The van der Waals surface area contributed by atoms with E-state index in [0.717, 1.165) is 5.39 Å². The fraction of sp³-hybridized carbons (Fsp3) is 0.100. The van der Waals surface area contributed by atoms with Gasteiger partial charge in [0.25, 0.3) is 0 Å². The lowest BCUT2D eigenvalue weighted by atomic mass is 10.1. The van der Waals surface area contributed by atoms with Crippen molar-refractivity contribution in [2.24, 2.45) is 0 Å². The van der Waals surface area contributed by atoms with Gasteiger partial charge in [-0.1, -0.05) is 11.6 Å². The number of hydrogen-bond acceptors (Lipinski definition) is 1. The number of rotatable bonds is 0. The molecular formula is C10H7ClFN. The van der Waals surface area contributed by atoms with Gasteiger partial charge in [-0.15, -0.1) is 0 Å². The van der Waals surface area contributed by atoms with Crippen LogP contribution in [0.25, 0.3) is 10.9 Å². The summed E-state index contributed by atoms with van der Waals surface area (Å²) in [6.07, 6.45) is 1.57. The van der Waals surface area contributed by atoms with E-state index in [4.69, 9.17) is 11.6 Å². The highest BCUT2D eigenvalue weighted by Gasteiger charge is 2.03. The number of halogens is 2. The van der Waals surface area contributed by atoms with Gasteiger partial charge in [0.15, 0.2) is 0 Å². The summed E-state index contributed by atoms with van der Waals surface area (Å²) in [7, 11) is 0. The molecule has 1 aromatic carbocycles. The van der Waals surface area contributed by atoms with Crippen LogP contribution in [-0.2, 0) is 0 Å². The Morgan fingerprint density at radius 1 is 1.38 bits per heavy atom. The summed E-state index contributed by atoms with van der Waals surface area (Å²) in [6.45, 7) is 1.71. The van der Waals surface area contributed by atoms with Gasteiger partial charge in [0, 0.05) is 17.6 Å². The van der Waals surface area contributed by atoms with Crippen molar-refractivity contribution in [1.82, 2.24) is 4.98 Å². The maximum atomic E-state index is 13.1. The summed E-state index contributed by atoms with van der Waals surface area (Å²) < 4.78 is 13.1. The van der Waals surface area contributed by atoms with Crippen molar-refractivity contribution in [1.29, 1.82) is 0 Å². The Hall–Kier alpha value is -1.15. The van der Waals surface area contributed by atoms with Gasteiger partial charge < -0.3 is 0 Å². The summed E-state index contributed by atoms with van der Waals surface area (Å²) in [4.78, 5) is 4.02. The highest BCUT2D eigenvalue weighted by atomic mass is 35.5. The SMILES string of the molecule is Cc1cc2c(Cl)ccnc2cc1F. The minimum absolute atomic E-state index is 0.248. The third-order valence-electron chi connectivity index (χ3n) is 1.97. The fourth-order valence-corrected chi connectivity index (χ4v) is 1.45. The van der Waals surface area contributed by atoms with Crippen LogP contribution in [0.2, 0.25) is 5.02 Å². The molecule has 0 radical (unpaired) electrons. The number of benzene rings is 1. The second-order valence-electron chi connectivity index (χ2n) is 2.91. The van der Waals surface area contributed by atoms with Crippen LogP contribution in [0.1, 0.15) is 5.56 Å². The van der Waals surface area contributed by atoms with E-state index in [2.05, 4.69) is 4.98 Å². The molecule has 2 aromatic rings. The van der Waals surface area contributed by atoms with Crippen LogP contribution in [0.5, 0.6) is 0 Å². The minimum atomic E-state index is -0.248. The second-order valence-corrected chi connectivity index (χ2v) is 3.32. The van der Waals surface area contributed by atoms with E-state index in [0.29, 0.717) is 16.1 Å². The van der Waals surface area contributed by atoms with Crippen LogP contribution in [0.3, 0.4) is 0 Å². The predicted molar refractivity (Wildman–Crippen MR) is 51.4 cm³/mol. The highest BCUT2D eigenvalue weighted by molar-refractivity contribution is 6.35. The second kappa shape index (κ2) is 2.96. The van der Waals surface area contributed by atoms with Gasteiger partial charge in [-0.3, -0.25) is 4.98 Å². The molecule has 3 heteroatoms. The van der Waals surface area contributed by atoms with Gasteiger partial charge >= 0.3 is 0 Å². The van der Waals surface area contributed by atoms with Crippen molar-refractivity contribution in [2.75, 3.05) is 0 Å². The molecular weight excluding hydrogens is 189 g/mol. The zero-order valence-electron chi connectivity index (χ0n) is 7.01. The van der Waals surface area contributed by atoms with E-state index in [1.54, 1.807) is 25.3 Å². The van der Waals surface area contributed by atoms with Crippen LogP contribution in [0.4, 0.5) is 4.39 Å². The summed E-state index contributed by atoms with van der Waals surface area (Å²) in [5.74, 6) is -0.248. The van der Waals surface area contributed by atoms with Gasteiger partial charge in [0.1, 0.15) is 5.82 Å². The Bertz CT molecular complexity index is 468. The van der Waals surface area contributed by atoms with E-state index in [9.17, 15) is 4.39 Å². The first kappa shape index (κ1) is 8.45. The molecule has 0 aliphatic carbocycles. The molecule has 0 fully saturated rings. The molecule has 0 saturated heterocycles.